The lowest BCUT2D eigenvalue weighted by atomic mass is 10.2. The standard InChI is InChI=1S/C17H29N3O3S/c1-11(2)20(12(3)4)14-7-8-19(17(21)18-14)15-9-23-16(24-15)10-22-13(5)6/h7-8,11-13,15-16H,9-10H2,1-6H3/t15?,16-/m0/s1. The molecule has 0 aliphatic carbocycles. The minimum absolute atomic E-state index is 0.0354. The highest BCUT2D eigenvalue weighted by Gasteiger charge is 2.29. The van der Waals surface area contributed by atoms with Crippen LogP contribution in [0.15, 0.2) is 17.1 Å². The molecule has 0 N–H and O–H groups in total. The van der Waals surface area contributed by atoms with E-state index in [4.69, 9.17) is 9.47 Å². The lowest BCUT2D eigenvalue weighted by Crippen LogP contribution is -2.39. The van der Waals surface area contributed by atoms with Crippen molar-refractivity contribution in [2.45, 2.75) is 70.5 Å². The third-order valence-corrected chi connectivity index (χ3v) is 5.06. The molecule has 7 heteroatoms. The first kappa shape index (κ1) is 19.3. The quantitative estimate of drug-likeness (QED) is 0.750. The third kappa shape index (κ3) is 4.74. The molecule has 1 fully saturated rings. The van der Waals surface area contributed by atoms with Gasteiger partial charge in [0.05, 0.1) is 19.3 Å². The normalized spacial score (nSPS) is 21.2. The maximum absolute atomic E-state index is 12.5. The second-order valence-corrected chi connectivity index (χ2v) is 8.15. The number of hydrogen-bond acceptors (Lipinski definition) is 6. The van der Waals surface area contributed by atoms with Crippen LogP contribution in [0.4, 0.5) is 5.82 Å². The van der Waals surface area contributed by atoms with E-state index in [-0.39, 0.29) is 34.7 Å². The molecule has 24 heavy (non-hydrogen) atoms. The molecule has 6 nitrogen and oxygen atoms in total. The number of aromatic nitrogens is 2. The molecule has 1 aliphatic heterocycles. The van der Waals surface area contributed by atoms with Crippen LogP contribution in [0.2, 0.25) is 0 Å². The van der Waals surface area contributed by atoms with Crippen molar-refractivity contribution in [3.63, 3.8) is 0 Å². The van der Waals surface area contributed by atoms with Gasteiger partial charge in [-0.25, -0.2) is 4.79 Å². The Morgan fingerprint density at radius 2 is 2.00 bits per heavy atom. The summed E-state index contributed by atoms with van der Waals surface area (Å²) < 4.78 is 13.0. The zero-order valence-corrected chi connectivity index (χ0v) is 16.2. The number of nitrogens with zero attached hydrogens (tertiary/aromatic N) is 3. The molecule has 1 aromatic heterocycles. The average Bonchev–Trinajstić information content (AvgIpc) is 2.93. The van der Waals surface area contributed by atoms with Gasteiger partial charge in [-0.2, -0.15) is 4.98 Å². The summed E-state index contributed by atoms with van der Waals surface area (Å²) in [4.78, 5) is 18.9. The van der Waals surface area contributed by atoms with Gasteiger partial charge in [0.2, 0.25) is 0 Å². The fourth-order valence-corrected chi connectivity index (χ4v) is 3.95. The molecule has 1 aliphatic rings. The first-order valence-corrected chi connectivity index (χ1v) is 9.50. The lowest BCUT2D eigenvalue weighted by molar-refractivity contribution is 0.0111. The Bertz CT molecular complexity index is 581. The van der Waals surface area contributed by atoms with Crippen molar-refractivity contribution in [1.29, 1.82) is 0 Å². The molecule has 0 saturated carbocycles. The van der Waals surface area contributed by atoms with E-state index in [2.05, 4.69) is 37.6 Å². The summed E-state index contributed by atoms with van der Waals surface area (Å²) in [6.45, 7) is 13.4. The molecule has 0 spiro atoms. The summed E-state index contributed by atoms with van der Waals surface area (Å²) in [5.41, 5.74) is -0.267. The van der Waals surface area contributed by atoms with E-state index in [9.17, 15) is 4.79 Å². The van der Waals surface area contributed by atoms with Crippen LogP contribution >= 0.6 is 11.8 Å². The minimum atomic E-state index is -0.231. The number of ether oxygens (including phenoxy) is 2. The van der Waals surface area contributed by atoms with Crippen LogP contribution in [-0.2, 0) is 9.47 Å². The fraction of sp³-hybridized carbons (Fsp3) is 0.765. The Hall–Kier alpha value is -1.05. The van der Waals surface area contributed by atoms with Crippen LogP contribution in [0.5, 0.6) is 0 Å². The zero-order chi connectivity index (χ0) is 17.9. The van der Waals surface area contributed by atoms with Crippen molar-refractivity contribution in [1.82, 2.24) is 9.55 Å². The number of anilines is 1. The highest BCUT2D eigenvalue weighted by molar-refractivity contribution is 8.00. The van der Waals surface area contributed by atoms with E-state index < -0.39 is 0 Å². The first-order chi connectivity index (χ1) is 11.3. The van der Waals surface area contributed by atoms with Gasteiger partial charge in [-0.05, 0) is 47.6 Å². The van der Waals surface area contributed by atoms with E-state index >= 15 is 0 Å². The second-order valence-electron chi connectivity index (χ2n) is 6.81. The van der Waals surface area contributed by atoms with E-state index in [1.54, 1.807) is 16.3 Å². The highest BCUT2D eigenvalue weighted by atomic mass is 32.2. The van der Waals surface area contributed by atoms with Gasteiger partial charge in [-0.3, -0.25) is 4.57 Å². The molecule has 1 aromatic rings. The summed E-state index contributed by atoms with van der Waals surface area (Å²) in [7, 11) is 0. The van der Waals surface area contributed by atoms with Gasteiger partial charge >= 0.3 is 5.69 Å². The molecule has 2 heterocycles. The van der Waals surface area contributed by atoms with Crippen molar-refractivity contribution in [2.75, 3.05) is 18.1 Å². The summed E-state index contributed by atoms with van der Waals surface area (Å²) in [6.07, 6.45) is 2.00. The van der Waals surface area contributed by atoms with Gasteiger partial charge in [-0.15, -0.1) is 11.8 Å². The molecular weight excluding hydrogens is 326 g/mol. The molecular formula is C17H29N3O3S. The van der Waals surface area contributed by atoms with Gasteiger partial charge in [0.1, 0.15) is 16.6 Å². The van der Waals surface area contributed by atoms with Gasteiger partial charge in [0.25, 0.3) is 0 Å². The highest BCUT2D eigenvalue weighted by Crippen LogP contribution is 2.35. The van der Waals surface area contributed by atoms with Crippen LogP contribution in [0.1, 0.15) is 46.9 Å². The van der Waals surface area contributed by atoms with Crippen LogP contribution in [-0.4, -0.2) is 46.4 Å². The Morgan fingerprint density at radius 1 is 1.33 bits per heavy atom. The molecule has 0 amide bonds. The maximum Gasteiger partial charge on any atom is 0.350 e. The van der Waals surface area contributed by atoms with Gasteiger partial charge < -0.3 is 14.4 Å². The van der Waals surface area contributed by atoms with Crippen molar-refractivity contribution in [3.8, 4) is 0 Å². The lowest BCUT2D eigenvalue weighted by Gasteiger charge is -2.31. The van der Waals surface area contributed by atoms with Gasteiger partial charge in [-0.1, -0.05) is 0 Å². The van der Waals surface area contributed by atoms with Crippen molar-refractivity contribution in [3.05, 3.63) is 22.7 Å². The van der Waals surface area contributed by atoms with E-state index in [0.717, 1.165) is 5.82 Å². The number of rotatable bonds is 7. The topological polar surface area (TPSA) is 56.6 Å². The summed E-state index contributed by atoms with van der Waals surface area (Å²) in [5.74, 6) is 0.727. The first-order valence-electron chi connectivity index (χ1n) is 8.55. The largest absolute Gasteiger partial charge is 0.375 e. The minimum Gasteiger partial charge on any atom is -0.375 e. The molecule has 136 valence electrons. The second kappa shape index (κ2) is 8.36. The SMILES string of the molecule is CC(C)OC[C@H]1OCC(n2ccc(N(C(C)C)C(C)C)nc2=O)S1. The molecule has 2 atom stereocenters. The summed E-state index contributed by atoms with van der Waals surface area (Å²) in [5, 5.41) is -0.0497. The predicted molar refractivity (Wildman–Crippen MR) is 98.7 cm³/mol. The molecule has 0 aromatic carbocycles. The van der Waals surface area contributed by atoms with E-state index in [1.165, 1.54) is 0 Å². The summed E-state index contributed by atoms with van der Waals surface area (Å²) in [6, 6.07) is 2.49. The number of thioether (sulfide) groups is 1. The Kier molecular flexibility index (Phi) is 6.71. The van der Waals surface area contributed by atoms with E-state index in [0.29, 0.717) is 13.2 Å². The fourth-order valence-electron chi connectivity index (χ4n) is 2.84. The molecule has 1 saturated heterocycles. The van der Waals surface area contributed by atoms with Gasteiger partial charge in [0.15, 0.2) is 0 Å². The summed E-state index contributed by atoms with van der Waals surface area (Å²) >= 11 is 1.61. The van der Waals surface area contributed by atoms with Crippen molar-refractivity contribution >= 4 is 17.6 Å². The molecule has 0 radical (unpaired) electrons. The monoisotopic (exact) mass is 355 g/mol. The molecule has 0 bridgehead atoms. The van der Waals surface area contributed by atoms with Crippen molar-refractivity contribution < 1.29 is 9.47 Å². The zero-order valence-electron chi connectivity index (χ0n) is 15.4. The third-order valence-electron chi connectivity index (χ3n) is 3.80. The maximum atomic E-state index is 12.5. The Labute approximate surface area is 148 Å². The van der Waals surface area contributed by atoms with Crippen LogP contribution < -0.4 is 10.6 Å². The van der Waals surface area contributed by atoms with Gasteiger partial charge in [0, 0.05) is 18.3 Å². The Balaban J connectivity index is 2.09. The smallest absolute Gasteiger partial charge is 0.350 e. The molecule has 2 rings (SSSR count). The number of hydrogen-bond donors (Lipinski definition) is 0. The predicted octanol–water partition coefficient (Wildman–Crippen LogP) is 2.88. The van der Waals surface area contributed by atoms with E-state index in [1.807, 2.05) is 26.1 Å². The average molecular weight is 356 g/mol. The van der Waals surface area contributed by atoms with Crippen LogP contribution in [0.3, 0.4) is 0 Å². The van der Waals surface area contributed by atoms with Crippen LogP contribution in [0.25, 0.3) is 0 Å². The molecule has 1 unspecified atom stereocenters. The Morgan fingerprint density at radius 3 is 2.54 bits per heavy atom. The van der Waals surface area contributed by atoms with Crippen molar-refractivity contribution in [2.24, 2.45) is 0 Å². The van der Waals surface area contributed by atoms with Crippen LogP contribution in [0, 0.1) is 0 Å².